The molecule has 0 heterocycles. The van der Waals surface area contributed by atoms with Crippen molar-refractivity contribution in [3.8, 4) is 0 Å². The molecule has 0 radical (unpaired) electrons. The van der Waals surface area contributed by atoms with Gasteiger partial charge in [-0.05, 0) is 31.4 Å². The third-order valence-electron chi connectivity index (χ3n) is 3.08. The molecule has 1 aromatic carbocycles. The maximum atomic E-state index is 11.1. The third-order valence-corrected chi connectivity index (χ3v) is 3.08. The van der Waals surface area contributed by atoms with Gasteiger partial charge in [0.1, 0.15) is 5.60 Å². The first kappa shape index (κ1) is 12.7. The second-order valence-corrected chi connectivity index (χ2v) is 4.26. The Morgan fingerprint density at radius 2 is 2.00 bits per heavy atom. The van der Waals surface area contributed by atoms with Crippen molar-refractivity contribution in [2.75, 3.05) is 0 Å². The number of aliphatic hydroxyl groups is 1. The number of aliphatic carboxylic acids is 1. The highest BCUT2D eigenvalue weighted by Gasteiger charge is 2.38. The van der Waals surface area contributed by atoms with E-state index in [1.807, 2.05) is 25.1 Å². The van der Waals surface area contributed by atoms with Gasteiger partial charge in [-0.15, -0.1) is 0 Å². The van der Waals surface area contributed by atoms with E-state index < -0.39 is 17.5 Å². The number of benzene rings is 1. The molecule has 0 aliphatic rings. The Hall–Kier alpha value is -1.35. The smallest absolute Gasteiger partial charge is 0.309 e. The molecule has 0 aliphatic carbocycles. The Balaban J connectivity index is 3.19. The number of carboxylic acids is 1. The van der Waals surface area contributed by atoms with Crippen LogP contribution in [0.3, 0.4) is 0 Å². The lowest BCUT2D eigenvalue weighted by Gasteiger charge is -2.31. The summed E-state index contributed by atoms with van der Waals surface area (Å²) in [5, 5.41) is 19.5. The van der Waals surface area contributed by atoms with Gasteiger partial charge < -0.3 is 10.2 Å². The zero-order valence-electron chi connectivity index (χ0n) is 9.90. The van der Waals surface area contributed by atoms with Crippen molar-refractivity contribution >= 4 is 5.97 Å². The van der Waals surface area contributed by atoms with Gasteiger partial charge in [0.2, 0.25) is 0 Å². The monoisotopic (exact) mass is 222 g/mol. The van der Waals surface area contributed by atoms with E-state index in [9.17, 15) is 9.90 Å². The number of aryl methyl sites for hydroxylation is 1. The molecule has 2 N–H and O–H groups in total. The Bertz CT molecular complexity index is 383. The standard InChI is InChI=1S/C13H18O3/c1-4-10(12(14)15)13(3,16)11-8-6-5-7-9(11)2/h5-8,10,16H,4H2,1-3H3,(H,14,15). The molecule has 0 saturated heterocycles. The molecular weight excluding hydrogens is 204 g/mol. The molecule has 2 atom stereocenters. The molecule has 0 aliphatic heterocycles. The first-order valence-corrected chi connectivity index (χ1v) is 5.42. The van der Waals surface area contributed by atoms with Gasteiger partial charge in [0.15, 0.2) is 0 Å². The normalized spacial score (nSPS) is 16.5. The maximum absolute atomic E-state index is 11.1. The molecular formula is C13H18O3. The summed E-state index contributed by atoms with van der Waals surface area (Å²) in [6.45, 7) is 5.21. The quantitative estimate of drug-likeness (QED) is 0.822. The van der Waals surface area contributed by atoms with Gasteiger partial charge in [-0.25, -0.2) is 0 Å². The summed E-state index contributed by atoms with van der Waals surface area (Å²) in [5.74, 6) is -1.75. The van der Waals surface area contributed by atoms with Crippen LogP contribution in [0.2, 0.25) is 0 Å². The van der Waals surface area contributed by atoms with Gasteiger partial charge in [0.05, 0.1) is 5.92 Å². The SMILES string of the molecule is CCC(C(=O)O)C(C)(O)c1ccccc1C. The first-order chi connectivity index (χ1) is 7.41. The number of carbonyl (C=O) groups is 1. The summed E-state index contributed by atoms with van der Waals surface area (Å²) >= 11 is 0. The minimum atomic E-state index is -1.33. The molecule has 0 bridgehead atoms. The predicted molar refractivity (Wildman–Crippen MR) is 62.2 cm³/mol. The van der Waals surface area contributed by atoms with E-state index in [2.05, 4.69) is 0 Å². The highest BCUT2D eigenvalue weighted by Crippen LogP contribution is 2.33. The Labute approximate surface area is 95.7 Å². The van der Waals surface area contributed by atoms with Crippen LogP contribution in [-0.2, 0) is 10.4 Å². The largest absolute Gasteiger partial charge is 0.481 e. The summed E-state index contributed by atoms with van der Waals surface area (Å²) < 4.78 is 0. The van der Waals surface area contributed by atoms with Crippen LogP contribution in [0.5, 0.6) is 0 Å². The fourth-order valence-corrected chi connectivity index (χ4v) is 2.14. The molecule has 2 unspecified atom stereocenters. The number of rotatable bonds is 4. The van der Waals surface area contributed by atoms with Gasteiger partial charge in [-0.2, -0.15) is 0 Å². The predicted octanol–water partition coefficient (Wildman–Crippen LogP) is 2.31. The minimum Gasteiger partial charge on any atom is -0.481 e. The molecule has 16 heavy (non-hydrogen) atoms. The summed E-state index contributed by atoms with van der Waals surface area (Å²) in [6.07, 6.45) is 0.399. The van der Waals surface area contributed by atoms with E-state index in [1.165, 1.54) is 0 Å². The molecule has 0 amide bonds. The average molecular weight is 222 g/mol. The van der Waals surface area contributed by atoms with E-state index in [4.69, 9.17) is 5.11 Å². The Morgan fingerprint density at radius 1 is 1.44 bits per heavy atom. The van der Waals surface area contributed by atoms with E-state index in [0.717, 1.165) is 5.56 Å². The van der Waals surface area contributed by atoms with Crippen LogP contribution < -0.4 is 0 Å². The molecule has 0 fully saturated rings. The first-order valence-electron chi connectivity index (χ1n) is 5.42. The van der Waals surface area contributed by atoms with Crippen molar-refractivity contribution in [3.63, 3.8) is 0 Å². The van der Waals surface area contributed by atoms with Crippen molar-refractivity contribution in [3.05, 3.63) is 35.4 Å². The summed E-state index contributed by atoms with van der Waals surface area (Å²) in [7, 11) is 0. The molecule has 0 spiro atoms. The van der Waals surface area contributed by atoms with E-state index >= 15 is 0 Å². The highest BCUT2D eigenvalue weighted by atomic mass is 16.4. The molecule has 0 aromatic heterocycles. The van der Waals surface area contributed by atoms with Crippen molar-refractivity contribution in [1.29, 1.82) is 0 Å². The Morgan fingerprint density at radius 3 is 2.44 bits per heavy atom. The van der Waals surface area contributed by atoms with Crippen molar-refractivity contribution in [1.82, 2.24) is 0 Å². The minimum absolute atomic E-state index is 0.399. The summed E-state index contributed by atoms with van der Waals surface area (Å²) in [4.78, 5) is 11.1. The molecule has 88 valence electrons. The van der Waals surface area contributed by atoms with E-state index in [-0.39, 0.29) is 0 Å². The average Bonchev–Trinajstić information content (AvgIpc) is 2.17. The fraction of sp³-hybridized carbons (Fsp3) is 0.462. The van der Waals surface area contributed by atoms with E-state index in [0.29, 0.717) is 12.0 Å². The lowest BCUT2D eigenvalue weighted by Crippen LogP contribution is -2.37. The van der Waals surface area contributed by atoms with Gasteiger partial charge >= 0.3 is 5.97 Å². The van der Waals surface area contributed by atoms with Crippen LogP contribution in [0, 0.1) is 12.8 Å². The van der Waals surface area contributed by atoms with Crippen LogP contribution >= 0.6 is 0 Å². The van der Waals surface area contributed by atoms with Crippen molar-refractivity contribution in [2.45, 2.75) is 32.8 Å². The molecule has 3 heteroatoms. The van der Waals surface area contributed by atoms with Crippen molar-refractivity contribution in [2.24, 2.45) is 5.92 Å². The number of hydrogen-bond donors (Lipinski definition) is 2. The summed E-state index contributed by atoms with van der Waals surface area (Å²) in [5.41, 5.74) is 0.266. The Kier molecular flexibility index (Phi) is 3.70. The molecule has 3 nitrogen and oxygen atoms in total. The number of hydrogen-bond acceptors (Lipinski definition) is 2. The molecule has 0 saturated carbocycles. The maximum Gasteiger partial charge on any atom is 0.309 e. The lowest BCUT2D eigenvalue weighted by molar-refractivity contribution is -0.152. The van der Waals surface area contributed by atoms with Crippen LogP contribution in [0.1, 0.15) is 31.4 Å². The third kappa shape index (κ3) is 2.25. The lowest BCUT2D eigenvalue weighted by atomic mass is 9.79. The molecule has 1 aromatic rings. The molecule has 1 rings (SSSR count). The highest BCUT2D eigenvalue weighted by molar-refractivity contribution is 5.72. The zero-order valence-corrected chi connectivity index (χ0v) is 9.90. The van der Waals surface area contributed by atoms with Gasteiger partial charge in [-0.1, -0.05) is 31.2 Å². The van der Waals surface area contributed by atoms with Gasteiger partial charge in [0, 0.05) is 0 Å². The zero-order chi connectivity index (χ0) is 12.3. The second-order valence-electron chi connectivity index (χ2n) is 4.26. The fourth-order valence-electron chi connectivity index (χ4n) is 2.14. The van der Waals surface area contributed by atoms with Crippen LogP contribution in [-0.4, -0.2) is 16.2 Å². The van der Waals surface area contributed by atoms with Gasteiger partial charge in [-0.3, -0.25) is 4.79 Å². The van der Waals surface area contributed by atoms with E-state index in [1.54, 1.807) is 19.9 Å². The van der Waals surface area contributed by atoms with Crippen LogP contribution in [0.25, 0.3) is 0 Å². The van der Waals surface area contributed by atoms with Crippen LogP contribution in [0.4, 0.5) is 0 Å². The number of carboxylic acid groups (broad SMARTS) is 1. The van der Waals surface area contributed by atoms with Crippen molar-refractivity contribution < 1.29 is 15.0 Å². The van der Waals surface area contributed by atoms with Gasteiger partial charge in [0.25, 0.3) is 0 Å². The second kappa shape index (κ2) is 4.66. The summed E-state index contributed by atoms with van der Waals surface area (Å²) in [6, 6.07) is 7.33. The topological polar surface area (TPSA) is 57.5 Å². The van der Waals surface area contributed by atoms with Crippen LogP contribution in [0.15, 0.2) is 24.3 Å².